The lowest BCUT2D eigenvalue weighted by atomic mass is 9.99. The van der Waals surface area contributed by atoms with Crippen LogP contribution in [0.15, 0.2) is 30.3 Å². The number of rotatable bonds is 4. The normalized spacial score (nSPS) is 23.1. The van der Waals surface area contributed by atoms with Crippen LogP contribution in [-0.4, -0.2) is 39.4 Å². The predicted octanol–water partition coefficient (Wildman–Crippen LogP) is 2.41. The minimum absolute atomic E-state index is 0.0232. The highest BCUT2D eigenvalue weighted by Gasteiger charge is 2.41. The molecule has 1 heterocycles. The number of carboxylic acids is 1. The van der Waals surface area contributed by atoms with Gasteiger partial charge in [0.1, 0.15) is 5.25 Å². The summed E-state index contributed by atoms with van der Waals surface area (Å²) in [6.07, 6.45) is 0. The van der Waals surface area contributed by atoms with E-state index in [1.165, 1.54) is 11.8 Å². The van der Waals surface area contributed by atoms with Crippen LogP contribution in [0.25, 0.3) is 0 Å². The largest absolute Gasteiger partial charge is 0.480 e. The summed E-state index contributed by atoms with van der Waals surface area (Å²) < 4.78 is 0. The maximum absolute atomic E-state index is 12.2. The minimum atomic E-state index is -0.856. The lowest BCUT2D eigenvalue weighted by molar-refractivity contribution is -0.140. The topological polar surface area (TPSA) is 57.6 Å². The Bertz CT molecular complexity index is 489. The van der Waals surface area contributed by atoms with Crippen molar-refractivity contribution in [2.75, 3.05) is 12.3 Å². The van der Waals surface area contributed by atoms with Crippen LogP contribution >= 0.6 is 11.8 Å². The van der Waals surface area contributed by atoms with Gasteiger partial charge in [0, 0.05) is 6.54 Å². The van der Waals surface area contributed by atoms with Gasteiger partial charge in [0.2, 0.25) is 5.91 Å². The van der Waals surface area contributed by atoms with Crippen molar-refractivity contribution in [1.82, 2.24) is 4.90 Å². The standard InChI is InChI=1S/C15H19NO3S/c1-10(2)8-16-12(17)9-20-14(15(18)19)13(16)11-6-4-3-5-7-11/h3-7,10,13-14H,8-9H2,1-2H3,(H,18,19). The van der Waals surface area contributed by atoms with Gasteiger partial charge in [-0.3, -0.25) is 9.59 Å². The van der Waals surface area contributed by atoms with Gasteiger partial charge in [-0.15, -0.1) is 11.8 Å². The lowest BCUT2D eigenvalue weighted by Crippen LogP contribution is -2.49. The molecule has 0 aliphatic carbocycles. The Hall–Kier alpha value is -1.49. The van der Waals surface area contributed by atoms with Crippen LogP contribution in [0.3, 0.4) is 0 Å². The van der Waals surface area contributed by atoms with Crippen molar-refractivity contribution in [1.29, 1.82) is 0 Å². The SMILES string of the molecule is CC(C)CN1C(=O)CSC(C(=O)O)C1c1ccccc1. The van der Waals surface area contributed by atoms with Crippen molar-refractivity contribution in [3.8, 4) is 0 Å². The first-order valence-electron chi connectivity index (χ1n) is 6.69. The summed E-state index contributed by atoms with van der Waals surface area (Å²) in [5, 5.41) is 8.85. The fraction of sp³-hybridized carbons (Fsp3) is 0.467. The van der Waals surface area contributed by atoms with E-state index >= 15 is 0 Å². The van der Waals surface area contributed by atoms with E-state index in [0.29, 0.717) is 12.5 Å². The molecule has 4 nitrogen and oxygen atoms in total. The first-order chi connectivity index (χ1) is 9.50. The summed E-state index contributed by atoms with van der Waals surface area (Å²) in [6.45, 7) is 4.66. The molecule has 0 radical (unpaired) electrons. The third kappa shape index (κ3) is 3.15. The molecule has 20 heavy (non-hydrogen) atoms. The molecule has 1 aliphatic heterocycles. The van der Waals surface area contributed by atoms with E-state index in [9.17, 15) is 14.7 Å². The summed E-state index contributed by atoms with van der Waals surface area (Å²) in [4.78, 5) is 25.4. The van der Waals surface area contributed by atoms with E-state index in [2.05, 4.69) is 0 Å². The van der Waals surface area contributed by atoms with Crippen LogP contribution in [0.4, 0.5) is 0 Å². The number of benzene rings is 1. The first kappa shape index (κ1) is 14.9. The highest BCUT2D eigenvalue weighted by atomic mass is 32.2. The molecule has 1 aromatic carbocycles. The minimum Gasteiger partial charge on any atom is -0.480 e. The molecule has 1 N–H and O–H groups in total. The molecule has 1 aromatic rings. The second-order valence-corrected chi connectivity index (χ2v) is 6.50. The molecule has 1 saturated heterocycles. The molecule has 108 valence electrons. The van der Waals surface area contributed by atoms with Crippen LogP contribution in [0.1, 0.15) is 25.5 Å². The van der Waals surface area contributed by atoms with E-state index < -0.39 is 11.2 Å². The van der Waals surface area contributed by atoms with Gasteiger partial charge in [-0.2, -0.15) is 0 Å². The lowest BCUT2D eigenvalue weighted by Gasteiger charge is -2.40. The average Bonchev–Trinajstić information content (AvgIpc) is 2.41. The van der Waals surface area contributed by atoms with Crippen LogP contribution in [0.5, 0.6) is 0 Å². The maximum atomic E-state index is 12.2. The van der Waals surface area contributed by atoms with Crippen LogP contribution in [-0.2, 0) is 9.59 Å². The van der Waals surface area contributed by atoms with Gasteiger partial charge in [0.15, 0.2) is 0 Å². The molecule has 1 aliphatic rings. The van der Waals surface area contributed by atoms with Gasteiger partial charge in [-0.25, -0.2) is 0 Å². The van der Waals surface area contributed by atoms with Crippen LogP contribution in [0, 0.1) is 5.92 Å². The number of carbonyl (C=O) groups is 2. The number of carbonyl (C=O) groups excluding carboxylic acids is 1. The summed E-state index contributed by atoms with van der Waals surface area (Å²) >= 11 is 1.22. The van der Waals surface area contributed by atoms with Gasteiger partial charge < -0.3 is 10.0 Å². The maximum Gasteiger partial charge on any atom is 0.319 e. The number of thioether (sulfide) groups is 1. The number of nitrogens with zero attached hydrogens (tertiary/aromatic N) is 1. The Kier molecular flexibility index (Phi) is 4.70. The first-order valence-corrected chi connectivity index (χ1v) is 7.74. The zero-order valence-electron chi connectivity index (χ0n) is 11.7. The molecule has 1 amide bonds. The molecule has 2 rings (SSSR count). The molecule has 5 heteroatoms. The predicted molar refractivity (Wildman–Crippen MR) is 79.6 cm³/mol. The molecule has 1 fully saturated rings. The van der Waals surface area contributed by atoms with E-state index in [0.717, 1.165) is 5.56 Å². The summed E-state index contributed by atoms with van der Waals surface area (Å²) in [5.74, 6) is -0.282. The Labute approximate surface area is 123 Å². The molecular weight excluding hydrogens is 274 g/mol. The van der Waals surface area contributed by atoms with Gasteiger partial charge in [0.25, 0.3) is 0 Å². The highest BCUT2D eigenvalue weighted by Crippen LogP contribution is 2.37. The fourth-order valence-corrected chi connectivity index (χ4v) is 3.59. The van der Waals surface area contributed by atoms with E-state index in [1.54, 1.807) is 4.90 Å². The van der Waals surface area contributed by atoms with Gasteiger partial charge >= 0.3 is 5.97 Å². The summed E-state index contributed by atoms with van der Waals surface area (Å²) in [5.41, 5.74) is 0.890. The van der Waals surface area contributed by atoms with E-state index in [-0.39, 0.29) is 17.7 Å². The Morgan fingerprint density at radius 1 is 1.40 bits per heavy atom. The quantitative estimate of drug-likeness (QED) is 0.926. The zero-order valence-corrected chi connectivity index (χ0v) is 12.5. The van der Waals surface area contributed by atoms with Crippen molar-refractivity contribution in [2.45, 2.75) is 25.1 Å². The summed E-state index contributed by atoms with van der Waals surface area (Å²) in [6, 6.07) is 9.06. The fourth-order valence-electron chi connectivity index (χ4n) is 2.47. The van der Waals surface area contributed by atoms with Gasteiger partial charge in [-0.05, 0) is 11.5 Å². The van der Waals surface area contributed by atoms with Crippen LogP contribution in [0.2, 0.25) is 0 Å². The second kappa shape index (κ2) is 6.31. The zero-order chi connectivity index (χ0) is 14.7. The Balaban J connectivity index is 2.39. The van der Waals surface area contributed by atoms with E-state index in [1.807, 2.05) is 44.2 Å². The average molecular weight is 293 g/mol. The number of aliphatic carboxylic acids is 1. The van der Waals surface area contributed by atoms with Crippen molar-refractivity contribution >= 4 is 23.6 Å². The smallest absolute Gasteiger partial charge is 0.319 e. The molecule has 2 atom stereocenters. The third-order valence-electron chi connectivity index (χ3n) is 3.28. The molecular formula is C15H19NO3S. The molecule has 0 saturated carbocycles. The van der Waals surface area contributed by atoms with E-state index in [4.69, 9.17) is 0 Å². The Morgan fingerprint density at radius 3 is 2.60 bits per heavy atom. The molecule has 2 unspecified atom stereocenters. The van der Waals surface area contributed by atoms with Crippen LogP contribution < -0.4 is 0 Å². The second-order valence-electron chi connectivity index (χ2n) is 5.37. The van der Waals surface area contributed by atoms with Crippen molar-refractivity contribution in [3.05, 3.63) is 35.9 Å². The molecule has 0 bridgehead atoms. The summed E-state index contributed by atoms with van der Waals surface area (Å²) in [7, 11) is 0. The number of amides is 1. The number of carboxylic acid groups (broad SMARTS) is 1. The third-order valence-corrected chi connectivity index (χ3v) is 4.51. The van der Waals surface area contributed by atoms with Crippen molar-refractivity contribution in [3.63, 3.8) is 0 Å². The van der Waals surface area contributed by atoms with Crippen molar-refractivity contribution < 1.29 is 14.7 Å². The monoisotopic (exact) mass is 293 g/mol. The van der Waals surface area contributed by atoms with Crippen molar-refractivity contribution in [2.24, 2.45) is 5.92 Å². The molecule has 0 spiro atoms. The molecule has 0 aromatic heterocycles. The highest BCUT2D eigenvalue weighted by molar-refractivity contribution is 8.01. The van der Waals surface area contributed by atoms with Gasteiger partial charge in [-0.1, -0.05) is 44.2 Å². The van der Waals surface area contributed by atoms with Gasteiger partial charge in [0.05, 0.1) is 11.8 Å². The number of hydrogen-bond acceptors (Lipinski definition) is 3. The number of hydrogen-bond donors (Lipinski definition) is 1. The Morgan fingerprint density at radius 2 is 2.05 bits per heavy atom.